The molecule has 0 spiro atoms. The first-order chi connectivity index (χ1) is 13.7. The smallest absolute Gasteiger partial charge is 0.146 e. The van der Waals surface area contributed by atoms with E-state index in [9.17, 15) is 0 Å². The lowest BCUT2D eigenvalue weighted by molar-refractivity contribution is 0.415. The van der Waals surface area contributed by atoms with E-state index in [0.29, 0.717) is 5.84 Å². The van der Waals surface area contributed by atoms with Crippen LogP contribution in [0, 0.1) is 0 Å². The van der Waals surface area contributed by atoms with Gasteiger partial charge in [-0.2, -0.15) is 0 Å². The summed E-state index contributed by atoms with van der Waals surface area (Å²) in [7, 11) is 1.64. The molecule has 0 saturated carbocycles. The van der Waals surface area contributed by atoms with Crippen LogP contribution in [0.4, 0.5) is 5.00 Å². The van der Waals surface area contributed by atoms with Gasteiger partial charge in [-0.05, 0) is 24.3 Å². The number of nitrogens with two attached hydrogens (primary N) is 1. The maximum atomic E-state index is 6.30. The summed E-state index contributed by atoms with van der Waals surface area (Å²) in [5.74, 6) is 1.23. The van der Waals surface area contributed by atoms with Crippen molar-refractivity contribution in [3.05, 3.63) is 90.5 Å². The molecule has 0 aliphatic carbocycles. The van der Waals surface area contributed by atoms with Crippen LogP contribution < -0.4 is 10.5 Å². The van der Waals surface area contributed by atoms with Crippen molar-refractivity contribution in [2.24, 2.45) is 10.7 Å². The molecule has 0 fully saturated rings. The van der Waals surface area contributed by atoms with Crippen LogP contribution >= 0.6 is 11.3 Å². The number of hydrogen-bond donors (Lipinski definition) is 1. The van der Waals surface area contributed by atoms with Crippen LogP contribution in [0.25, 0.3) is 21.8 Å². The first-order valence-corrected chi connectivity index (χ1v) is 9.66. The number of hydrogen-bond acceptors (Lipinski definition) is 4. The summed E-state index contributed by atoms with van der Waals surface area (Å²) in [6.07, 6.45) is 0. The van der Waals surface area contributed by atoms with Crippen LogP contribution in [0.15, 0.2) is 89.9 Å². The molecule has 5 heteroatoms. The van der Waals surface area contributed by atoms with E-state index < -0.39 is 0 Å². The number of ether oxygens (including phenoxy) is 1. The molecule has 3 aromatic carbocycles. The SMILES string of the molecule is COc1ccc(/C(N)=N/c2sc(-c3ccccc3)nc2-c2ccccc2)cc1. The standard InChI is InChI=1S/C23H19N3OS/c1-27-19-14-12-17(13-15-19)21(24)26-23-20(16-8-4-2-5-9-16)25-22(28-23)18-10-6-3-7-11-18/h2-15H,1H3,(H2,24,26). The van der Waals surface area contributed by atoms with Crippen molar-refractivity contribution >= 4 is 22.2 Å². The quantitative estimate of drug-likeness (QED) is 0.363. The third-order valence-electron chi connectivity index (χ3n) is 4.29. The predicted octanol–water partition coefficient (Wildman–Crippen LogP) is 5.52. The van der Waals surface area contributed by atoms with Crippen molar-refractivity contribution in [2.75, 3.05) is 7.11 Å². The van der Waals surface area contributed by atoms with E-state index in [1.807, 2.05) is 84.9 Å². The lowest BCUT2D eigenvalue weighted by Gasteiger charge is -2.03. The molecule has 1 heterocycles. The van der Waals surface area contributed by atoms with Crippen LogP contribution in [0.5, 0.6) is 5.75 Å². The minimum absolute atomic E-state index is 0.447. The van der Waals surface area contributed by atoms with E-state index in [2.05, 4.69) is 0 Å². The van der Waals surface area contributed by atoms with Gasteiger partial charge in [0.05, 0.1) is 7.11 Å². The summed E-state index contributed by atoms with van der Waals surface area (Å²) < 4.78 is 5.21. The largest absolute Gasteiger partial charge is 0.497 e. The molecule has 4 aromatic rings. The molecule has 0 atom stereocenters. The molecule has 1 aromatic heterocycles. The zero-order valence-corrected chi connectivity index (χ0v) is 16.2. The molecule has 4 nitrogen and oxygen atoms in total. The molecule has 2 N–H and O–H groups in total. The third-order valence-corrected chi connectivity index (χ3v) is 5.28. The van der Waals surface area contributed by atoms with Crippen LogP contribution in [0.3, 0.4) is 0 Å². The Labute approximate surface area is 168 Å². The van der Waals surface area contributed by atoms with Gasteiger partial charge in [-0.25, -0.2) is 9.98 Å². The van der Waals surface area contributed by atoms with E-state index >= 15 is 0 Å². The fraction of sp³-hybridized carbons (Fsp3) is 0.0435. The van der Waals surface area contributed by atoms with Gasteiger partial charge in [-0.15, -0.1) is 0 Å². The molecular formula is C23H19N3OS. The van der Waals surface area contributed by atoms with E-state index in [4.69, 9.17) is 20.4 Å². The van der Waals surface area contributed by atoms with Crippen molar-refractivity contribution in [1.29, 1.82) is 0 Å². The Balaban J connectivity index is 1.79. The monoisotopic (exact) mass is 385 g/mol. The molecule has 0 aliphatic rings. The van der Waals surface area contributed by atoms with Gasteiger partial charge in [-0.3, -0.25) is 0 Å². The molecule has 0 amide bonds. The maximum Gasteiger partial charge on any atom is 0.146 e. The summed E-state index contributed by atoms with van der Waals surface area (Å²) in [6, 6.07) is 27.7. The summed E-state index contributed by atoms with van der Waals surface area (Å²) in [5, 5.41) is 1.71. The second kappa shape index (κ2) is 8.06. The van der Waals surface area contributed by atoms with Crippen LogP contribution in [0.1, 0.15) is 5.56 Å². The molecule has 0 saturated heterocycles. The number of rotatable bonds is 5. The second-order valence-corrected chi connectivity index (χ2v) is 7.11. The molecule has 0 unspecified atom stereocenters. The molecule has 0 aliphatic heterocycles. The van der Waals surface area contributed by atoms with Gasteiger partial charge in [-0.1, -0.05) is 72.0 Å². The Kier molecular flexibility index (Phi) is 5.17. The number of aliphatic imine (C=N–C) groups is 1. The second-order valence-electron chi connectivity index (χ2n) is 6.13. The van der Waals surface area contributed by atoms with Gasteiger partial charge in [0.25, 0.3) is 0 Å². The van der Waals surface area contributed by atoms with Gasteiger partial charge >= 0.3 is 0 Å². The predicted molar refractivity (Wildman–Crippen MR) is 116 cm³/mol. The fourth-order valence-corrected chi connectivity index (χ4v) is 3.79. The van der Waals surface area contributed by atoms with Crippen molar-refractivity contribution in [3.63, 3.8) is 0 Å². The number of aromatic nitrogens is 1. The molecule has 0 radical (unpaired) electrons. The minimum Gasteiger partial charge on any atom is -0.497 e. The van der Waals surface area contributed by atoms with Gasteiger partial charge in [0, 0.05) is 16.7 Å². The van der Waals surface area contributed by atoms with Crippen molar-refractivity contribution < 1.29 is 4.74 Å². The van der Waals surface area contributed by atoms with Crippen LogP contribution in [-0.2, 0) is 0 Å². The maximum absolute atomic E-state index is 6.30. The Bertz CT molecular complexity index is 1090. The van der Waals surface area contributed by atoms with Gasteiger partial charge in [0.1, 0.15) is 27.3 Å². The van der Waals surface area contributed by atoms with Crippen LogP contribution in [0.2, 0.25) is 0 Å². The normalized spacial score (nSPS) is 11.4. The zero-order valence-electron chi connectivity index (χ0n) is 15.4. The third kappa shape index (κ3) is 3.80. The highest BCUT2D eigenvalue weighted by Crippen LogP contribution is 2.40. The van der Waals surface area contributed by atoms with E-state index in [-0.39, 0.29) is 0 Å². The Morgan fingerprint density at radius 2 is 1.46 bits per heavy atom. The van der Waals surface area contributed by atoms with Crippen LogP contribution in [-0.4, -0.2) is 17.9 Å². The highest BCUT2D eigenvalue weighted by molar-refractivity contribution is 7.19. The number of thiazole rings is 1. The molecule has 4 rings (SSSR count). The summed E-state index contributed by atoms with van der Waals surface area (Å²) >= 11 is 1.53. The molecular weight excluding hydrogens is 366 g/mol. The average Bonchev–Trinajstić information content (AvgIpc) is 3.19. The summed E-state index contributed by atoms with van der Waals surface area (Å²) in [5.41, 5.74) is 10.1. The average molecular weight is 385 g/mol. The first kappa shape index (κ1) is 17.9. The van der Waals surface area contributed by atoms with E-state index in [1.54, 1.807) is 7.11 Å². The highest BCUT2D eigenvalue weighted by Gasteiger charge is 2.14. The van der Waals surface area contributed by atoms with E-state index in [0.717, 1.165) is 38.1 Å². The highest BCUT2D eigenvalue weighted by atomic mass is 32.1. The van der Waals surface area contributed by atoms with Crippen molar-refractivity contribution in [2.45, 2.75) is 0 Å². The topological polar surface area (TPSA) is 60.5 Å². The van der Waals surface area contributed by atoms with Gasteiger partial charge < -0.3 is 10.5 Å². The number of benzene rings is 3. The van der Waals surface area contributed by atoms with Gasteiger partial charge in [0.15, 0.2) is 0 Å². The number of amidine groups is 1. The Morgan fingerprint density at radius 1 is 0.857 bits per heavy atom. The fourth-order valence-electron chi connectivity index (χ4n) is 2.81. The molecule has 28 heavy (non-hydrogen) atoms. The lowest BCUT2D eigenvalue weighted by atomic mass is 10.1. The first-order valence-electron chi connectivity index (χ1n) is 8.85. The van der Waals surface area contributed by atoms with E-state index in [1.165, 1.54) is 11.3 Å². The number of methoxy groups -OCH3 is 1. The summed E-state index contributed by atoms with van der Waals surface area (Å²) in [6.45, 7) is 0. The Morgan fingerprint density at radius 3 is 2.07 bits per heavy atom. The number of nitrogens with zero attached hydrogens (tertiary/aromatic N) is 2. The van der Waals surface area contributed by atoms with Gasteiger partial charge in [0.2, 0.25) is 0 Å². The van der Waals surface area contributed by atoms with Crippen molar-refractivity contribution in [3.8, 4) is 27.6 Å². The molecule has 138 valence electrons. The lowest BCUT2D eigenvalue weighted by Crippen LogP contribution is -2.12. The van der Waals surface area contributed by atoms with Crippen molar-refractivity contribution in [1.82, 2.24) is 4.98 Å². The minimum atomic E-state index is 0.447. The Hall–Kier alpha value is -3.44. The molecule has 0 bridgehead atoms. The zero-order chi connectivity index (χ0) is 19.3. The summed E-state index contributed by atoms with van der Waals surface area (Å²) in [4.78, 5) is 9.58.